The van der Waals surface area contributed by atoms with E-state index in [2.05, 4.69) is 5.32 Å². The van der Waals surface area contributed by atoms with E-state index in [9.17, 15) is 9.59 Å². The molecular formula is C13H18N4O2. The Balaban J connectivity index is 1.95. The number of anilines is 1. The van der Waals surface area contributed by atoms with Crippen LogP contribution < -0.4 is 11.1 Å². The number of nitrogens with zero attached hydrogens (tertiary/aromatic N) is 2. The highest BCUT2D eigenvalue weighted by Gasteiger charge is 2.24. The van der Waals surface area contributed by atoms with Crippen LogP contribution in [0, 0.1) is 0 Å². The quantitative estimate of drug-likeness (QED) is 0.812. The number of benzene rings is 1. The molecule has 6 heteroatoms. The molecule has 0 spiro atoms. The first-order valence-electron chi connectivity index (χ1n) is 6.19. The van der Waals surface area contributed by atoms with E-state index in [0.717, 1.165) is 5.56 Å². The minimum Gasteiger partial charge on any atom is -0.342 e. The average molecular weight is 262 g/mol. The van der Waals surface area contributed by atoms with Crippen molar-refractivity contribution in [2.45, 2.75) is 6.54 Å². The van der Waals surface area contributed by atoms with E-state index in [1.165, 1.54) is 4.90 Å². The Morgan fingerprint density at radius 2 is 2.00 bits per heavy atom. The van der Waals surface area contributed by atoms with Crippen LogP contribution in [-0.2, 0) is 11.3 Å². The smallest absolute Gasteiger partial charge is 0.322 e. The summed E-state index contributed by atoms with van der Waals surface area (Å²) in [5.41, 5.74) is 7.22. The van der Waals surface area contributed by atoms with Crippen molar-refractivity contribution in [2.75, 3.05) is 32.0 Å². The van der Waals surface area contributed by atoms with Gasteiger partial charge in [0.15, 0.2) is 0 Å². The molecule has 1 aromatic rings. The van der Waals surface area contributed by atoms with Crippen LogP contribution in [0.2, 0.25) is 0 Å². The van der Waals surface area contributed by atoms with Gasteiger partial charge < -0.3 is 20.9 Å². The van der Waals surface area contributed by atoms with Gasteiger partial charge in [-0.15, -0.1) is 0 Å². The van der Waals surface area contributed by atoms with Gasteiger partial charge in [-0.1, -0.05) is 12.1 Å². The molecule has 1 aliphatic rings. The third kappa shape index (κ3) is 3.23. The van der Waals surface area contributed by atoms with Gasteiger partial charge in [-0.3, -0.25) is 4.79 Å². The molecule has 1 aliphatic heterocycles. The van der Waals surface area contributed by atoms with Crippen molar-refractivity contribution >= 4 is 17.6 Å². The molecule has 3 amide bonds. The number of carbonyl (C=O) groups excluding carboxylic acids is 2. The van der Waals surface area contributed by atoms with Crippen LogP contribution >= 0.6 is 0 Å². The first-order chi connectivity index (χ1) is 9.10. The van der Waals surface area contributed by atoms with Crippen molar-refractivity contribution in [1.29, 1.82) is 0 Å². The summed E-state index contributed by atoms with van der Waals surface area (Å²) in [5.74, 6) is -0.0418. The Kier molecular flexibility index (Phi) is 4.01. The molecule has 0 aliphatic carbocycles. The molecule has 19 heavy (non-hydrogen) atoms. The van der Waals surface area contributed by atoms with Crippen LogP contribution in [-0.4, -0.2) is 48.4 Å². The predicted molar refractivity (Wildman–Crippen MR) is 72.6 cm³/mol. The van der Waals surface area contributed by atoms with Crippen LogP contribution in [0.5, 0.6) is 0 Å². The summed E-state index contributed by atoms with van der Waals surface area (Å²) >= 11 is 0. The van der Waals surface area contributed by atoms with E-state index in [1.807, 2.05) is 12.1 Å². The summed E-state index contributed by atoms with van der Waals surface area (Å²) in [7, 11) is 1.74. The maximum atomic E-state index is 12.0. The highest BCUT2D eigenvalue weighted by atomic mass is 16.2. The van der Waals surface area contributed by atoms with E-state index in [1.54, 1.807) is 24.1 Å². The van der Waals surface area contributed by atoms with E-state index in [0.29, 0.717) is 25.3 Å². The fourth-order valence-corrected chi connectivity index (χ4v) is 1.86. The number of likely N-dealkylation sites (N-methyl/N-ethyl adjacent to an activating group) is 1. The average Bonchev–Trinajstić information content (AvgIpc) is 2.42. The number of rotatable bonds is 2. The maximum absolute atomic E-state index is 12.0. The minimum atomic E-state index is -0.248. The summed E-state index contributed by atoms with van der Waals surface area (Å²) < 4.78 is 0. The van der Waals surface area contributed by atoms with Gasteiger partial charge in [0.1, 0.15) is 6.54 Å². The van der Waals surface area contributed by atoms with Crippen LogP contribution in [0.4, 0.5) is 10.5 Å². The third-order valence-corrected chi connectivity index (χ3v) is 3.19. The zero-order valence-electron chi connectivity index (χ0n) is 10.9. The SMILES string of the molecule is CN1CCN(C(=O)Nc2ccc(CN)cc2)CC1=O. The molecular weight excluding hydrogens is 244 g/mol. The lowest BCUT2D eigenvalue weighted by atomic mass is 10.2. The van der Waals surface area contributed by atoms with Crippen LogP contribution in [0.1, 0.15) is 5.56 Å². The Hall–Kier alpha value is -2.08. The molecule has 0 radical (unpaired) electrons. The largest absolute Gasteiger partial charge is 0.342 e. The highest BCUT2D eigenvalue weighted by Crippen LogP contribution is 2.11. The molecule has 1 aromatic carbocycles. The molecule has 3 N–H and O–H groups in total. The summed E-state index contributed by atoms with van der Waals surface area (Å²) in [5, 5.41) is 2.77. The fraction of sp³-hybridized carbons (Fsp3) is 0.385. The van der Waals surface area contributed by atoms with Crippen molar-refractivity contribution in [3.63, 3.8) is 0 Å². The molecule has 0 atom stereocenters. The number of amides is 3. The number of nitrogens with one attached hydrogen (secondary N) is 1. The van der Waals surface area contributed by atoms with Crippen LogP contribution in [0.3, 0.4) is 0 Å². The zero-order chi connectivity index (χ0) is 13.8. The zero-order valence-corrected chi connectivity index (χ0v) is 10.9. The Labute approximate surface area is 112 Å². The first-order valence-corrected chi connectivity index (χ1v) is 6.19. The van der Waals surface area contributed by atoms with Crippen LogP contribution in [0.15, 0.2) is 24.3 Å². The molecule has 1 heterocycles. The standard InChI is InChI=1S/C13H18N4O2/c1-16-6-7-17(9-12(16)18)13(19)15-11-4-2-10(8-14)3-5-11/h2-5H,6-9,14H2,1H3,(H,15,19). The molecule has 102 valence electrons. The lowest BCUT2D eigenvalue weighted by molar-refractivity contribution is -0.133. The van der Waals surface area contributed by atoms with E-state index >= 15 is 0 Å². The van der Waals surface area contributed by atoms with Crippen molar-refractivity contribution in [3.05, 3.63) is 29.8 Å². The number of urea groups is 1. The Morgan fingerprint density at radius 3 is 2.58 bits per heavy atom. The highest BCUT2D eigenvalue weighted by molar-refractivity contribution is 5.93. The lowest BCUT2D eigenvalue weighted by Crippen LogP contribution is -2.51. The normalized spacial score (nSPS) is 15.6. The van der Waals surface area contributed by atoms with Crippen molar-refractivity contribution in [3.8, 4) is 0 Å². The molecule has 1 saturated heterocycles. The monoisotopic (exact) mass is 262 g/mol. The van der Waals surface area contributed by atoms with Gasteiger partial charge in [0.2, 0.25) is 5.91 Å². The van der Waals surface area contributed by atoms with Gasteiger partial charge in [0.05, 0.1) is 0 Å². The van der Waals surface area contributed by atoms with Gasteiger partial charge >= 0.3 is 6.03 Å². The second-order valence-corrected chi connectivity index (χ2v) is 4.57. The summed E-state index contributed by atoms with van der Waals surface area (Å²) in [4.78, 5) is 26.7. The molecule has 0 saturated carbocycles. The number of hydrogen-bond donors (Lipinski definition) is 2. The molecule has 0 unspecified atom stereocenters. The summed E-state index contributed by atoms with van der Waals surface area (Å²) in [6.07, 6.45) is 0. The number of hydrogen-bond acceptors (Lipinski definition) is 3. The number of carbonyl (C=O) groups is 2. The molecule has 0 aromatic heterocycles. The fourth-order valence-electron chi connectivity index (χ4n) is 1.86. The van der Waals surface area contributed by atoms with Gasteiger partial charge in [-0.05, 0) is 17.7 Å². The van der Waals surface area contributed by atoms with Crippen molar-refractivity contribution < 1.29 is 9.59 Å². The molecule has 1 fully saturated rings. The summed E-state index contributed by atoms with van der Waals surface area (Å²) in [6.45, 7) is 1.72. The van der Waals surface area contributed by atoms with Gasteiger partial charge in [0.25, 0.3) is 0 Å². The predicted octanol–water partition coefficient (Wildman–Crippen LogP) is 0.451. The van der Waals surface area contributed by atoms with E-state index < -0.39 is 0 Å². The third-order valence-electron chi connectivity index (χ3n) is 3.19. The Morgan fingerprint density at radius 1 is 1.32 bits per heavy atom. The second kappa shape index (κ2) is 5.71. The molecule has 6 nitrogen and oxygen atoms in total. The van der Waals surface area contributed by atoms with E-state index in [-0.39, 0.29) is 18.5 Å². The second-order valence-electron chi connectivity index (χ2n) is 4.57. The minimum absolute atomic E-state index is 0.0418. The topological polar surface area (TPSA) is 78.7 Å². The van der Waals surface area contributed by atoms with Gasteiger partial charge in [-0.25, -0.2) is 4.79 Å². The number of nitrogens with two attached hydrogens (primary N) is 1. The molecule has 2 rings (SSSR count). The first kappa shape index (κ1) is 13.4. The molecule has 0 bridgehead atoms. The van der Waals surface area contributed by atoms with Gasteiger partial charge in [0, 0.05) is 32.4 Å². The van der Waals surface area contributed by atoms with Crippen molar-refractivity contribution in [1.82, 2.24) is 9.80 Å². The van der Waals surface area contributed by atoms with Crippen LogP contribution in [0.25, 0.3) is 0 Å². The Bertz CT molecular complexity index is 472. The van der Waals surface area contributed by atoms with Crippen molar-refractivity contribution in [2.24, 2.45) is 5.73 Å². The number of piperazine rings is 1. The maximum Gasteiger partial charge on any atom is 0.322 e. The lowest BCUT2D eigenvalue weighted by Gasteiger charge is -2.31. The van der Waals surface area contributed by atoms with Gasteiger partial charge in [-0.2, -0.15) is 0 Å². The van der Waals surface area contributed by atoms with E-state index in [4.69, 9.17) is 5.73 Å². The summed E-state index contributed by atoms with van der Waals surface area (Å²) in [6, 6.07) is 7.09.